The summed E-state index contributed by atoms with van der Waals surface area (Å²) >= 11 is 0. The first-order valence-corrected chi connectivity index (χ1v) is 7.26. The van der Waals surface area contributed by atoms with Crippen LogP contribution in [0.3, 0.4) is 0 Å². The van der Waals surface area contributed by atoms with Crippen molar-refractivity contribution in [2.24, 2.45) is 11.8 Å². The van der Waals surface area contributed by atoms with Gasteiger partial charge in [-0.2, -0.15) is 0 Å². The molecule has 0 atom stereocenters. The Hall–Kier alpha value is -2.04. The van der Waals surface area contributed by atoms with Crippen LogP contribution in [0.2, 0.25) is 0 Å². The lowest BCUT2D eigenvalue weighted by atomic mass is 10.1. The molecule has 0 unspecified atom stereocenters. The molecule has 0 saturated carbocycles. The van der Waals surface area contributed by atoms with Gasteiger partial charge < -0.3 is 15.0 Å². The van der Waals surface area contributed by atoms with E-state index >= 15 is 0 Å². The molecule has 1 aliphatic rings. The molecule has 1 heterocycles. The molecule has 21 heavy (non-hydrogen) atoms. The number of carbonyl (C=O) groups is 2. The first-order valence-electron chi connectivity index (χ1n) is 7.26. The van der Waals surface area contributed by atoms with E-state index in [1.54, 1.807) is 17.0 Å². The number of amides is 2. The SMILES string of the molecule is CC(C)CN1C(=O)COc2cc(NC(=O)C(C)C)ccc21. The standard InChI is InChI=1S/C16H22N2O3/c1-10(2)8-18-13-6-5-12(17-16(20)11(3)4)7-14(13)21-9-15(18)19/h5-7,10-11H,8-9H2,1-4H3,(H,17,20). The monoisotopic (exact) mass is 290 g/mol. The minimum Gasteiger partial charge on any atom is -0.481 e. The molecule has 0 radical (unpaired) electrons. The molecule has 0 bridgehead atoms. The third-order valence-corrected chi connectivity index (χ3v) is 3.24. The van der Waals surface area contributed by atoms with Gasteiger partial charge in [-0.3, -0.25) is 9.59 Å². The number of rotatable bonds is 4. The predicted octanol–water partition coefficient (Wildman–Crippen LogP) is 2.66. The maximum Gasteiger partial charge on any atom is 0.265 e. The zero-order valence-electron chi connectivity index (χ0n) is 13.0. The van der Waals surface area contributed by atoms with Gasteiger partial charge in [0.2, 0.25) is 5.91 Å². The Morgan fingerprint density at radius 3 is 2.67 bits per heavy atom. The van der Waals surface area contributed by atoms with Crippen molar-refractivity contribution < 1.29 is 14.3 Å². The lowest BCUT2D eigenvalue weighted by Gasteiger charge is -2.31. The minimum absolute atomic E-state index is 0.0323. The summed E-state index contributed by atoms with van der Waals surface area (Å²) in [5.41, 5.74) is 1.45. The summed E-state index contributed by atoms with van der Waals surface area (Å²) in [5, 5.41) is 2.84. The van der Waals surface area contributed by atoms with E-state index in [-0.39, 0.29) is 24.3 Å². The second-order valence-corrected chi connectivity index (χ2v) is 6.01. The van der Waals surface area contributed by atoms with Crippen LogP contribution in [-0.2, 0) is 9.59 Å². The first-order chi connectivity index (χ1) is 9.88. The molecule has 1 aliphatic heterocycles. The van der Waals surface area contributed by atoms with E-state index in [1.807, 2.05) is 19.9 Å². The van der Waals surface area contributed by atoms with Crippen LogP contribution in [-0.4, -0.2) is 25.0 Å². The van der Waals surface area contributed by atoms with Crippen molar-refractivity contribution >= 4 is 23.2 Å². The highest BCUT2D eigenvalue weighted by Crippen LogP contribution is 2.35. The number of hydrogen-bond acceptors (Lipinski definition) is 3. The summed E-state index contributed by atoms with van der Waals surface area (Å²) in [6.07, 6.45) is 0. The Morgan fingerprint density at radius 2 is 2.05 bits per heavy atom. The number of fused-ring (bicyclic) bond motifs is 1. The summed E-state index contributed by atoms with van der Waals surface area (Å²) in [6.45, 7) is 8.52. The molecule has 114 valence electrons. The smallest absolute Gasteiger partial charge is 0.265 e. The van der Waals surface area contributed by atoms with Crippen LogP contribution < -0.4 is 15.0 Å². The van der Waals surface area contributed by atoms with Crippen LogP contribution in [0.4, 0.5) is 11.4 Å². The van der Waals surface area contributed by atoms with Crippen molar-refractivity contribution in [3.05, 3.63) is 18.2 Å². The van der Waals surface area contributed by atoms with Crippen LogP contribution >= 0.6 is 0 Å². The Morgan fingerprint density at radius 1 is 1.33 bits per heavy atom. The fraction of sp³-hybridized carbons (Fsp3) is 0.500. The zero-order chi connectivity index (χ0) is 15.6. The minimum atomic E-state index is -0.0824. The Balaban J connectivity index is 2.24. The molecule has 0 spiro atoms. The maximum atomic E-state index is 12.0. The number of hydrogen-bond donors (Lipinski definition) is 1. The number of carbonyl (C=O) groups excluding carboxylic acids is 2. The Labute approximate surface area is 125 Å². The van der Waals surface area contributed by atoms with Crippen LogP contribution in [0, 0.1) is 11.8 Å². The highest BCUT2D eigenvalue weighted by molar-refractivity contribution is 5.99. The third-order valence-electron chi connectivity index (χ3n) is 3.24. The second kappa shape index (κ2) is 6.16. The van der Waals surface area contributed by atoms with Gasteiger partial charge in [0.25, 0.3) is 5.91 Å². The molecule has 5 nitrogen and oxygen atoms in total. The van der Waals surface area contributed by atoms with E-state index in [0.717, 1.165) is 5.69 Å². The average molecular weight is 290 g/mol. The second-order valence-electron chi connectivity index (χ2n) is 6.01. The fourth-order valence-corrected chi connectivity index (χ4v) is 2.13. The summed E-state index contributed by atoms with van der Waals surface area (Å²) < 4.78 is 5.49. The van der Waals surface area contributed by atoms with Gasteiger partial charge in [-0.15, -0.1) is 0 Å². The van der Waals surface area contributed by atoms with Crippen LogP contribution in [0.15, 0.2) is 18.2 Å². The molecule has 0 fully saturated rings. The molecule has 2 amide bonds. The molecule has 1 aromatic carbocycles. The normalized spacial score (nSPS) is 14.2. The molecule has 0 aromatic heterocycles. The number of benzene rings is 1. The fourth-order valence-electron chi connectivity index (χ4n) is 2.13. The number of ether oxygens (including phenoxy) is 1. The summed E-state index contributed by atoms with van der Waals surface area (Å²) in [7, 11) is 0. The molecule has 0 saturated heterocycles. The third kappa shape index (κ3) is 3.54. The largest absolute Gasteiger partial charge is 0.481 e. The van der Waals surface area contributed by atoms with Crippen molar-refractivity contribution in [2.75, 3.05) is 23.4 Å². The van der Waals surface area contributed by atoms with E-state index in [1.165, 1.54) is 0 Å². The predicted molar refractivity (Wildman–Crippen MR) is 82.6 cm³/mol. The van der Waals surface area contributed by atoms with Crippen molar-refractivity contribution in [1.82, 2.24) is 0 Å². The number of nitrogens with zero attached hydrogens (tertiary/aromatic N) is 1. The van der Waals surface area contributed by atoms with E-state index in [2.05, 4.69) is 19.2 Å². The van der Waals surface area contributed by atoms with Gasteiger partial charge in [-0.1, -0.05) is 27.7 Å². The van der Waals surface area contributed by atoms with E-state index in [0.29, 0.717) is 23.9 Å². The lowest BCUT2D eigenvalue weighted by molar-refractivity contribution is -0.121. The van der Waals surface area contributed by atoms with Crippen LogP contribution in [0.1, 0.15) is 27.7 Å². The maximum absolute atomic E-state index is 12.0. The van der Waals surface area contributed by atoms with E-state index < -0.39 is 0 Å². The van der Waals surface area contributed by atoms with E-state index in [4.69, 9.17) is 4.74 Å². The highest BCUT2D eigenvalue weighted by atomic mass is 16.5. The summed E-state index contributed by atoms with van der Waals surface area (Å²) in [6, 6.07) is 5.40. The van der Waals surface area contributed by atoms with Gasteiger partial charge in [0.15, 0.2) is 6.61 Å². The highest BCUT2D eigenvalue weighted by Gasteiger charge is 2.26. The van der Waals surface area contributed by atoms with Crippen molar-refractivity contribution in [2.45, 2.75) is 27.7 Å². The molecule has 2 rings (SSSR count). The van der Waals surface area contributed by atoms with Crippen molar-refractivity contribution in [1.29, 1.82) is 0 Å². The van der Waals surface area contributed by atoms with Gasteiger partial charge >= 0.3 is 0 Å². The van der Waals surface area contributed by atoms with Gasteiger partial charge in [0, 0.05) is 24.2 Å². The Kier molecular flexibility index (Phi) is 4.50. The average Bonchev–Trinajstić information content (AvgIpc) is 2.41. The lowest BCUT2D eigenvalue weighted by Crippen LogP contribution is -2.40. The van der Waals surface area contributed by atoms with Crippen LogP contribution in [0.25, 0.3) is 0 Å². The van der Waals surface area contributed by atoms with Gasteiger partial charge in [-0.25, -0.2) is 0 Å². The zero-order valence-corrected chi connectivity index (χ0v) is 13.0. The molecule has 5 heteroatoms. The topological polar surface area (TPSA) is 58.6 Å². The van der Waals surface area contributed by atoms with Crippen LogP contribution in [0.5, 0.6) is 5.75 Å². The number of anilines is 2. The molecule has 0 aliphatic carbocycles. The number of nitrogens with one attached hydrogen (secondary N) is 1. The van der Waals surface area contributed by atoms with Crippen molar-refractivity contribution in [3.8, 4) is 5.75 Å². The quantitative estimate of drug-likeness (QED) is 0.927. The summed E-state index contributed by atoms with van der Waals surface area (Å²) in [5.74, 6) is 0.856. The molecular formula is C16H22N2O3. The Bertz CT molecular complexity index is 552. The van der Waals surface area contributed by atoms with Gasteiger partial charge in [-0.05, 0) is 18.1 Å². The van der Waals surface area contributed by atoms with Gasteiger partial charge in [0.1, 0.15) is 5.75 Å². The van der Waals surface area contributed by atoms with E-state index in [9.17, 15) is 9.59 Å². The first kappa shape index (κ1) is 15.4. The van der Waals surface area contributed by atoms with Gasteiger partial charge in [0.05, 0.1) is 5.69 Å². The molecule has 1 aromatic rings. The molecular weight excluding hydrogens is 268 g/mol. The molecule has 1 N–H and O–H groups in total. The van der Waals surface area contributed by atoms with Crippen molar-refractivity contribution in [3.63, 3.8) is 0 Å². The summed E-state index contributed by atoms with van der Waals surface area (Å²) in [4.78, 5) is 25.4.